The van der Waals surface area contributed by atoms with Crippen LogP contribution in [0.2, 0.25) is 0 Å². The van der Waals surface area contributed by atoms with Gasteiger partial charge in [-0.1, -0.05) is 22.0 Å². The Labute approximate surface area is 113 Å². The summed E-state index contributed by atoms with van der Waals surface area (Å²) in [5.41, 5.74) is 0.191. The monoisotopic (exact) mass is 312 g/mol. The number of carbonyl (C=O) groups excluding carboxylic acids is 2. The maximum absolute atomic E-state index is 12.5. The molecular formula is C13H13BrO4. The number of hydrogen-bond donors (Lipinski definition) is 0. The van der Waals surface area contributed by atoms with E-state index < -0.39 is 11.4 Å². The third kappa shape index (κ3) is 1.97. The zero-order chi connectivity index (χ0) is 13.3. The second-order valence-corrected chi connectivity index (χ2v) is 5.27. The molecule has 1 aromatic rings. The Morgan fingerprint density at radius 2 is 2.06 bits per heavy atom. The number of esters is 1. The number of methoxy groups -OCH3 is 1. The van der Waals surface area contributed by atoms with Crippen LogP contribution in [0.15, 0.2) is 22.7 Å². The number of ether oxygens (including phenoxy) is 2. The summed E-state index contributed by atoms with van der Waals surface area (Å²) in [7, 11) is 1.28. The van der Waals surface area contributed by atoms with E-state index in [1.54, 1.807) is 6.07 Å². The lowest BCUT2D eigenvalue weighted by atomic mass is 9.77. The molecule has 0 radical (unpaired) electrons. The van der Waals surface area contributed by atoms with Crippen LogP contribution in [0.25, 0.3) is 0 Å². The van der Waals surface area contributed by atoms with Crippen molar-refractivity contribution < 1.29 is 19.1 Å². The second kappa shape index (κ2) is 4.82. The largest absolute Gasteiger partial charge is 0.468 e. The number of Topliss-reactive ketones (excluding diaryl/α,β-unsaturated/α-hetero) is 1. The van der Waals surface area contributed by atoms with Crippen LogP contribution in [0, 0.1) is 12.3 Å². The van der Waals surface area contributed by atoms with E-state index in [1.807, 2.05) is 19.1 Å². The number of ketones is 1. The van der Waals surface area contributed by atoms with Crippen LogP contribution < -0.4 is 0 Å². The lowest BCUT2D eigenvalue weighted by Crippen LogP contribution is -2.55. The fourth-order valence-electron chi connectivity index (χ4n) is 1.94. The Balaban J connectivity index is 2.41. The molecule has 4 nitrogen and oxygen atoms in total. The van der Waals surface area contributed by atoms with E-state index in [4.69, 9.17) is 9.47 Å². The summed E-state index contributed by atoms with van der Waals surface area (Å²) in [6, 6.07) is 5.41. The molecule has 0 aromatic heterocycles. The Hall–Kier alpha value is -1.20. The van der Waals surface area contributed by atoms with Gasteiger partial charge in [0, 0.05) is 10.0 Å². The lowest BCUT2D eigenvalue weighted by molar-refractivity contribution is -0.172. The average Bonchev–Trinajstić information content (AvgIpc) is 2.30. The molecule has 5 heteroatoms. The van der Waals surface area contributed by atoms with Crippen molar-refractivity contribution in [2.24, 2.45) is 5.41 Å². The first-order chi connectivity index (χ1) is 8.51. The van der Waals surface area contributed by atoms with Gasteiger partial charge >= 0.3 is 5.97 Å². The van der Waals surface area contributed by atoms with Crippen molar-refractivity contribution in [2.75, 3.05) is 20.3 Å². The van der Waals surface area contributed by atoms with E-state index in [1.165, 1.54) is 7.11 Å². The fourth-order valence-corrected chi connectivity index (χ4v) is 2.30. The van der Waals surface area contributed by atoms with E-state index in [-0.39, 0.29) is 19.0 Å². The zero-order valence-electron chi connectivity index (χ0n) is 10.2. The standard InChI is InChI=1S/C13H13BrO4/c1-8-3-4-9(14)5-10(8)11(15)13(6-18-7-13)12(16)17-2/h3-5H,6-7H2,1-2H3. The molecule has 0 saturated carbocycles. The summed E-state index contributed by atoms with van der Waals surface area (Å²) < 4.78 is 10.6. The molecule has 0 N–H and O–H groups in total. The molecule has 1 saturated heterocycles. The van der Waals surface area contributed by atoms with E-state index in [2.05, 4.69) is 15.9 Å². The van der Waals surface area contributed by atoms with Gasteiger partial charge in [0.1, 0.15) is 0 Å². The van der Waals surface area contributed by atoms with Crippen LogP contribution in [0.4, 0.5) is 0 Å². The molecule has 0 amide bonds. The Morgan fingerprint density at radius 1 is 1.39 bits per heavy atom. The number of aryl methyl sites for hydroxylation is 1. The molecule has 1 aliphatic rings. The van der Waals surface area contributed by atoms with E-state index in [9.17, 15) is 9.59 Å². The van der Waals surface area contributed by atoms with Crippen LogP contribution in [-0.4, -0.2) is 32.1 Å². The lowest BCUT2D eigenvalue weighted by Gasteiger charge is -2.37. The van der Waals surface area contributed by atoms with Gasteiger partial charge in [-0.05, 0) is 24.6 Å². The smallest absolute Gasteiger partial charge is 0.324 e. The van der Waals surface area contributed by atoms with Crippen LogP contribution in [0.3, 0.4) is 0 Å². The first-order valence-electron chi connectivity index (χ1n) is 5.48. The van der Waals surface area contributed by atoms with Gasteiger partial charge in [-0.2, -0.15) is 0 Å². The highest BCUT2D eigenvalue weighted by atomic mass is 79.9. The van der Waals surface area contributed by atoms with Gasteiger partial charge in [0.05, 0.1) is 20.3 Å². The average molecular weight is 313 g/mol. The van der Waals surface area contributed by atoms with Gasteiger partial charge in [0.25, 0.3) is 0 Å². The highest BCUT2D eigenvalue weighted by Crippen LogP contribution is 2.34. The number of hydrogen-bond acceptors (Lipinski definition) is 4. The highest BCUT2D eigenvalue weighted by molar-refractivity contribution is 9.10. The van der Waals surface area contributed by atoms with Gasteiger partial charge in [0.2, 0.25) is 0 Å². The van der Waals surface area contributed by atoms with Crippen LogP contribution in [0.1, 0.15) is 15.9 Å². The van der Waals surface area contributed by atoms with Crippen LogP contribution in [0.5, 0.6) is 0 Å². The third-order valence-corrected chi connectivity index (χ3v) is 3.65. The summed E-state index contributed by atoms with van der Waals surface area (Å²) in [5, 5.41) is 0. The molecule has 0 atom stereocenters. The summed E-state index contributed by atoms with van der Waals surface area (Å²) in [6.07, 6.45) is 0. The Bertz CT molecular complexity index is 506. The topological polar surface area (TPSA) is 52.6 Å². The minimum atomic E-state index is -1.17. The maximum atomic E-state index is 12.5. The molecule has 0 unspecified atom stereocenters. The first-order valence-corrected chi connectivity index (χ1v) is 6.28. The minimum Gasteiger partial charge on any atom is -0.468 e. The predicted octanol–water partition coefficient (Wildman–Crippen LogP) is 2.13. The molecule has 1 aliphatic heterocycles. The van der Waals surface area contributed by atoms with Crippen molar-refractivity contribution in [3.05, 3.63) is 33.8 Å². The quantitative estimate of drug-likeness (QED) is 0.487. The number of halogens is 1. The van der Waals surface area contributed by atoms with E-state index in [0.717, 1.165) is 10.0 Å². The molecule has 18 heavy (non-hydrogen) atoms. The van der Waals surface area contributed by atoms with Crippen molar-refractivity contribution in [3.63, 3.8) is 0 Å². The zero-order valence-corrected chi connectivity index (χ0v) is 11.7. The van der Waals surface area contributed by atoms with Gasteiger partial charge in [-0.25, -0.2) is 0 Å². The first kappa shape index (κ1) is 13.2. The normalized spacial score (nSPS) is 16.8. The minimum absolute atomic E-state index is 0.0878. The van der Waals surface area contributed by atoms with Crippen LogP contribution >= 0.6 is 15.9 Å². The highest BCUT2D eigenvalue weighted by Gasteiger charge is 2.54. The van der Waals surface area contributed by atoms with Gasteiger partial charge in [-0.15, -0.1) is 0 Å². The van der Waals surface area contributed by atoms with Crippen molar-refractivity contribution in [1.29, 1.82) is 0 Å². The van der Waals surface area contributed by atoms with Gasteiger partial charge in [-0.3, -0.25) is 9.59 Å². The van der Waals surface area contributed by atoms with E-state index in [0.29, 0.717) is 5.56 Å². The molecule has 0 spiro atoms. The van der Waals surface area contributed by atoms with Gasteiger partial charge < -0.3 is 9.47 Å². The van der Waals surface area contributed by atoms with Crippen molar-refractivity contribution in [2.45, 2.75) is 6.92 Å². The molecule has 96 valence electrons. The van der Waals surface area contributed by atoms with Crippen molar-refractivity contribution in [1.82, 2.24) is 0 Å². The van der Waals surface area contributed by atoms with Crippen molar-refractivity contribution in [3.8, 4) is 0 Å². The molecule has 0 aliphatic carbocycles. The molecular weight excluding hydrogens is 300 g/mol. The van der Waals surface area contributed by atoms with Crippen molar-refractivity contribution >= 4 is 27.7 Å². The number of benzene rings is 1. The SMILES string of the molecule is COC(=O)C1(C(=O)c2cc(Br)ccc2C)COC1. The third-order valence-electron chi connectivity index (χ3n) is 3.15. The van der Waals surface area contributed by atoms with Gasteiger partial charge in [0.15, 0.2) is 11.2 Å². The number of rotatable bonds is 3. The summed E-state index contributed by atoms with van der Waals surface area (Å²) in [5.74, 6) is -0.766. The Kier molecular flexibility index (Phi) is 3.54. The maximum Gasteiger partial charge on any atom is 0.324 e. The fraction of sp³-hybridized carbons (Fsp3) is 0.385. The number of carbonyl (C=O) groups is 2. The van der Waals surface area contributed by atoms with Crippen LogP contribution in [-0.2, 0) is 14.3 Å². The second-order valence-electron chi connectivity index (χ2n) is 4.35. The van der Waals surface area contributed by atoms with E-state index >= 15 is 0 Å². The molecule has 1 fully saturated rings. The summed E-state index contributed by atoms with van der Waals surface area (Å²) in [6.45, 7) is 2.01. The Morgan fingerprint density at radius 3 is 2.56 bits per heavy atom. The molecule has 1 heterocycles. The predicted molar refractivity (Wildman–Crippen MR) is 68.5 cm³/mol. The molecule has 2 rings (SSSR count). The summed E-state index contributed by atoms with van der Waals surface area (Å²) in [4.78, 5) is 24.3. The molecule has 1 aromatic carbocycles. The summed E-state index contributed by atoms with van der Waals surface area (Å²) >= 11 is 3.33. The molecule has 0 bridgehead atoms.